The molecule has 2 aromatic rings. The Morgan fingerprint density at radius 2 is 1.81 bits per heavy atom. The molecule has 7 nitrogen and oxygen atoms in total. The Morgan fingerprint density at radius 1 is 1.19 bits per heavy atom. The van der Waals surface area contributed by atoms with Gasteiger partial charge in [0.15, 0.2) is 14.6 Å². The second kappa shape index (κ2) is 7.95. The Bertz CT molecular complexity index is 1130. The van der Waals surface area contributed by atoms with Gasteiger partial charge in [0.25, 0.3) is 0 Å². The standard InChI is InChI=1S/C20H20F3N3O4S/c1-19(18(24)27,31(2,28)29)10-14-9-17(26-30-14)13-5-3-12(4-6-13)15-7-8-25-11-16(15)20(21,22)23/h3-8,11,14H,9-10H2,1-2H3,(H2,24,27). The van der Waals surface area contributed by atoms with Gasteiger partial charge in [0.05, 0.1) is 11.3 Å². The molecule has 2 atom stereocenters. The fourth-order valence-corrected chi connectivity index (χ4v) is 4.15. The Hall–Kier alpha value is -2.95. The van der Waals surface area contributed by atoms with Crippen molar-refractivity contribution in [3.05, 3.63) is 53.9 Å². The average molecular weight is 455 g/mol. The summed E-state index contributed by atoms with van der Waals surface area (Å²) in [6.45, 7) is 1.24. The molecule has 2 unspecified atom stereocenters. The summed E-state index contributed by atoms with van der Waals surface area (Å²) in [5, 5.41) is 3.95. The van der Waals surface area contributed by atoms with E-state index in [4.69, 9.17) is 10.6 Å². The summed E-state index contributed by atoms with van der Waals surface area (Å²) < 4.78 is 61.9. The van der Waals surface area contributed by atoms with Crippen LogP contribution in [0.15, 0.2) is 47.9 Å². The van der Waals surface area contributed by atoms with Gasteiger partial charge in [0, 0.05) is 31.5 Å². The highest BCUT2D eigenvalue weighted by molar-refractivity contribution is 7.92. The Kier molecular flexibility index (Phi) is 5.83. The molecule has 0 aliphatic carbocycles. The van der Waals surface area contributed by atoms with Gasteiger partial charge < -0.3 is 10.6 Å². The van der Waals surface area contributed by atoms with Crippen molar-refractivity contribution in [3.63, 3.8) is 0 Å². The first-order valence-corrected chi connectivity index (χ1v) is 11.1. The third-order valence-electron chi connectivity index (χ3n) is 5.35. The third kappa shape index (κ3) is 4.55. The highest BCUT2D eigenvalue weighted by atomic mass is 32.2. The van der Waals surface area contributed by atoms with Crippen LogP contribution in [0.25, 0.3) is 11.1 Å². The first-order chi connectivity index (χ1) is 14.3. The number of hydrogen-bond acceptors (Lipinski definition) is 6. The summed E-state index contributed by atoms with van der Waals surface area (Å²) in [5.74, 6) is -0.978. The largest absolute Gasteiger partial charge is 0.418 e. The van der Waals surface area contributed by atoms with Crippen LogP contribution in [0.2, 0.25) is 0 Å². The number of carbonyl (C=O) groups is 1. The number of pyridine rings is 1. The van der Waals surface area contributed by atoms with Gasteiger partial charge in [0.1, 0.15) is 6.10 Å². The van der Waals surface area contributed by atoms with Crippen molar-refractivity contribution in [1.82, 2.24) is 4.98 Å². The lowest BCUT2D eigenvalue weighted by Gasteiger charge is -2.25. The number of sulfone groups is 1. The van der Waals surface area contributed by atoms with Crippen LogP contribution >= 0.6 is 0 Å². The molecule has 31 heavy (non-hydrogen) atoms. The van der Waals surface area contributed by atoms with Crippen LogP contribution in [0, 0.1) is 0 Å². The van der Waals surface area contributed by atoms with Gasteiger partial charge in [-0.25, -0.2) is 8.42 Å². The SMILES string of the molecule is CC(CC1CC(c2ccc(-c3ccncc3C(F)(F)F)cc2)=NO1)(C(N)=O)S(C)(=O)=O. The van der Waals surface area contributed by atoms with Crippen molar-refractivity contribution in [2.75, 3.05) is 6.26 Å². The van der Waals surface area contributed by atoms with Gasteiger partial charge in [0.2, 0.25) is 5.91 Å². The molecule has 1 aromatic carbocycles. The molecule has 0 saturated heterocycles. The van der Waals surface area contributed by atoms with E-state index in [-0.39, 0.29) is 18.4 Å². The third-order valence-corrected chi connectivity index (χ3v) is 7.35. The van der Waals surface area contributed by atoms with Gasteiger partial charge in [-0.05, 0) is 29.7 Å². The second-order valence-corrected chi connectivity index (χ2v) is 9.98. The van der Waals surface area contributed by atoms with Crippen molar-refractivity contribution in [3.8, 4) is 11.1 Å². The first kappa shape index (κ1) is 22.7. The number of aromatic nitrogens is 1. The number of amides is 1. The van der Waals surface area contributed by atoms with Gasteiger partial charge >= 0.3 is 6.18 Å². The molecule has 0 fully saturated rings. The Labute approximate surface area is 177 Å². The molecule has 1 amide bonds. The zero-order valence-electron chi connectivity index (χ0n) is 16.7. The quantitative estimate of drug-likeness (QED) is 0.720. The van der Waals surface area contributed by atoms with Crippen molar-refractivity contribution in [2.24, 2.45) is 10.9 Å². The molecule has 166 valence electrons. The van der Waals surface area contributed by atoms with E-state index in [0.29, 0.717) is 16.8 Å². The number of alkyl halides is 3. The van der Waals surface area contributed by atoms with Crippen molar-refractivity contribution in [2.45, 2.75) is 36.8 Å². The van der Waals surface area contributed by atoms with E-state index < -0.39 is 38.3 Å². The lowest BCUT2D eigenvalue weighted by atomic mass is 9.95. The molecule has 0 spiro atoms. The number of rotatable bonds is 6. The topological polar surface area (TPSA) is 112 Å². The van der Waals surface area contributed by atoms with E-state index in [9.17, 15) is 26.4 Å². The summed E-state index contributed by atoms with van der Waals surface area (Å²) in [6, 6.07) is 7.55. The van der Waals surface area contributed by atoms with E-state index in [1.807, 2.05) is 0 Å². The number of oxime groups is 1. The lowest BCUT2D eigenvalue weighted by molar-refractivity contribution is -0.137. The molecule has 0 saturated carbocycles. The zero-order chi connectivity index (χ0) is 23.0. The van der Waals surface area contributed by atoms with Crippen LogP contribution in [0.5, 0.6) is 0 Å². The van der Waals surface area contributed by atoms with Gasteiger partial charge in [-0.2, -0.15) is 13.2 Å². The number of benzene rings is 1. The number of nitrogens with zero attached hydrogens (tertiary/aromatic N) is 2. The van der Waals surface area contributed by atoms with E-state index in [2.05, 4.69) is 10.1 Å². The second-order valence-electron chi connectivity index (χ2n) is 7.54. The highest BCUT2D eigenvalue weighted by Crippen LogP contribution is 2.36. The smallest absolute Gasteiger partial charge is 0.392 e. The number of hydrogen-bond donors (Lipinski definition) is 1. The number of halogens is 3. The first-order valence-electron chi connectivity index (χ1n) is 9.17. The predicted octanol–water partition coefficient (Wildman–Crippen LogP) is 2.94. The van der Waals surface area contributed by atoms with Gasteiger partial charge in [-0.15, -0.1) is 0 Å². The maximum atomic E-state index is 13.2. The maximum Gasteiger partial charge on any atom is 0.418 e. The highest BCUT2D eigenvalue weighted by Gasteiger charge is 2.45. The molecule has 2 heterocycles. The van der Waals surface area contributed by atoms with Crippen molar-refractivity contribution >= 4 is 21.5 Å². The number of carbonyl (C=O) groups excluding carboxylic acids is 1. The molecule has 3 rings (SSSR count). The maximum absolute atomic E-state index is 13.2. The summed E-state index contributed by atoms with van der Waals surface area (Å²) in [7, 11) is -3.79. The summed E-state index contributed by atoms with van der Waals surface area (Å²) >= 11 is 0. The molecule has 0 radical (unpaired) electrons. The minimum absolute atomic E-state index is 0.00177. The number of primary amides is 1. The average Bonchev–Trinajstić information content (AvgIpc) is 3.14. The molecule has 1 aromatic heterocycles. The molecule has 2 N–H and O–H groups in total. The predicted molar refractivity (Wildman–Crippen MR) is 108 cm³/mol. The fourth-order valence-electron chi connectivity index (χ4n) is 3.29. The summed E-state index contributed by atoms with van der Waals surface area (Å²) in [4.78, 5) is 20.6. The number of nitrogens with two attached hydrogens (primary N) is 1. The van der Waals surface area contributed by atoms with Crippen molar-refractivity contribution < 1.29 is 31.2 Å². The van der Waals surface area contributed by atoms with E-state index in [1.54, 1.807) is 12.1 Å². The molecular weight excluding hydrogens is 435 g/mol. The van der Waals surface area contributed by atoms with Crippen LogP contribution in [-0.4, -0.2) is 42.1 Å². The summed E-state index contributed by atoms with van der Waals surface area (Å²) in [5.41, 5.74) is 5.91. The van der Waals surface area contributed by atoms with Crippen LogP contribution in [0.3, 0.4) is 0 Å². The summed E-state index contributed by atoms with van der Waals surface area (Å²) in [6.07, 6.45) is -2.17. The van der Waals surface area contributed by atoms with E-state index in [0.717, 1.165) is 12.5 Å². The molecular formula is C20H20F3N3O4S. The van der Waals surface area contributed by atoms with Crippen LogP contribution in [0.4, 0.5) is 13.2 Å². The monoisotopic (exact) mass is 455 g/mol. The lowest BCUT2D eigenvalue weighted by Crippen LogP contribution is -2.49. The fraction of sp³-hybridized carbons (Fsp3) is 0.350. The van der Waals surface area contributed by atoms with Crippen LogP contribution < -0.4 is 5.73 Å². The minimum Gasteiger partial charge on any atom is -0.392 e. The zero-order valence-corrected chi connectivity index (χ0v) is 17.5. The minimum atomic E-state index is -4.54. The molecule has 1 aliphatic rings. The molecule has 0 bridgehead atoms. The van der Waals surface area contributed by atoms with E-state index in [1.165, 1.54) is 31.3 Å². The van der Waals surface area contributed by atoms with E-state index >= 15 is 0 Å². The van der Waals surface area contributed by atoms with Crippen LogP contribution in [-0.2, 0) is 25.6 Å². The van der Waals surface area contributed by atoms with Crippen LogP contribution in [0.1, 0.15) is 30.9 Å². The molecule has 1 aliphatic heterocycles. The van der Waals surface area contributed by atoms with Crippen molar-refractivity contribution in [1.29, 1.82) is 0 Å². The van der Waals surface area contributed by atoms with Gasteiger partial charge in [-0.3, -0.25) is 9.78 Å². The Balaban J connectivity index is 1.78. The Morgan fingerprint density at radius 3 is 2.35 bits per heavy atom. The van der Waals surface area contributed by atoms with Gasteiger partial charge in [-0.1, -0.05) is 29.4 Å². The normalized spacial score (nSPS) is 18.7. The molecule has 11 heteroatoms.